The lowest BCUT2D eigenvalue weighted by Crippen LogP contribution is -2.35. The molecule has 0 fully saturated rings. The lowest BCUT2D eigenvalue weighted by Gasteiger charge is -2.23. The minimum Gasteiger partial charge on any atom is -0.308 e. The molecule has 0 atom stereocenters. The molecule has 1 aromatic rings. The van der Waals surface area contributed by atoms with Gasteiger partial charge in [-0.05, 0) is 38.4 Å². The second-order valence-corrected chi connectivity index (χ2v) is 5.88. The van der Waals surface area contributed by atoms with E-state index in [4.69, 9.17) is 6.42 Å². The molecule has 0 radical (unpaired) electrons. The summed E-state index contributed by atoms with van der Waals surface area (Å²) in [6.45, 7) is 12.2. The molecule has 0 unspecified atom stereocenters. The lowest BCUT2D eigenvalue weighted by atomic mass is 10.0. The summed E-state index contributed by atoms with van der Waals surface area (Å²) < 4.78 is 0. The topological polar surface area (TPSA) is 15.3 Å². The van der Waals surface area contributed by atoms with E-state index in [0.29, 0.717) is 6.54 Å². The zero-order valence-electron chi connectivity index (χ0n) is 12.7. The van der Waals surface area contributed by atoms with Crippen molar-refractivity contribution in [2.45, 2.75) is 46.3 Å². The van der Waals surface area contributed by atoms with Crippen LogP contribution in [0.2, 0.25) is 0 Å². The molecule has 1 aromatic carbocycles. The van der Waals surface area contributed by atoms with E-state index in [1.165, 1.54) is 11.1 Å². The van der Waals surface area contributed by atoms with Crippen LogP contribution in [0.15, 0.2) is 24.3 Å². The third-order valence-electron chi connectivity index (χ3n) is 3.08. The largest absolute Gasteiger partial charge is 0.308 e. The van der Waals surface area contributed by atoms with E-state index in [1.807, 2.05) is 0 Å². The van der Waals surface area contributed by atoms with Crippen molar-refractivity contribution < 1.29 is 0 Å². The van der Waals surface area contributed by atoms with E-state index in [1.54, 1.807) is 0 Å². The molecule has 0 aliphatic carbocycles. The fraction of sp³-hybridized carbons (Fsp3) is 0.529. The smallest absolute Gasteiger partial charge is 0.0601 e. The van der Waals surface area contributed by atoms with Gasteiger partial charge in [0, 0.05) is 18.6 Å². The van der Waals surface area contributed by atoms with Crippen LogP contribution in [0.1, 0.15) is 38.8 Å². The van der Waals surface area contributed by atoms with Crippen molar-refractivity contribution in [3.05, 3.63) is 35.4 Å². The van der Waals surface area contributed by atoms with Gasteiger partial charge in [-0.1, -0.05) is 37.1 Å². The average Bonchev–Trinajstić information content (AvgIpc) is 2.36. The van der Waals surface area contributed by atoms with Gasteiger partial charge in [-0.2, -0.15) is 0 Å². The number of terminal acetylenes is 1. The van der Waals surface area contributed by atoms with Crippen LogP contribution in [-0.2, 0) is 13.1 Å². The molecule has 2 nitrogen and oxygen atoms in total. The Balaban J connectivity index is 2.75. The summed E-state index contributed by atoms with van der Waals surface area (Å²) in [5, 5.41) is 3.54. The van der Waals surface area contributed by atoms with Gasteiger partial charge in [0.05, 0.1) is 6.54 Å². The number of benzene rings is 1. The number of hydrogen-bond donors (Lipinski definition) is 1. The van der Waals surface area contributed by atoms with Crippen molar-refractivity contribution in [3.8, 4) is 12.3 Å². The second kappa shape index (κ2) is 7.33. The van der Waals surface area contributed by atoms with Crippen LogP contribution in [0.5, 0.6) is 0 Å². The molecule has 0 aromatic heterocycles. The number of nitrogens with zero attached hydrogens (tertiary/aromatic N) is 1. The van der Waals surface area contributed by atoms with E-state index in [9.17, 15) is 0 Å². The standard InChI is InChI=1S/C17H26N2/c1-6-12-19(7-2)14-16-11-9-8-10-15(16)13-18-17(3,4)5/h1,8-11,18H,7,12-14H2,2-5H3. The highest BCUT2D eigenvalue weighted by atomic mass is 15.1. The minimum atomic E-state index is 0.135. The molecule has 0 aliphatic rings. The van der Waals surface area contributed by atoms with Gasteiger partial charge in [0.15, 0.2) is 0 Å². The summed E-state index contributed by atoms with van der Waals surface area (Å²) in [6.07, 6.45) is 5.41. The average molecular weight is 258 g/mol. The third-order valence-corrected chi connectivity index (χ3v) is 3.08. The first kappa shape index (κ1) is 15.8. The van der Waals surface area contributed by atoms with Crippen molar-refractivity contribution in [2.75, 3.05) is 13.1 Å². The highest BCUT2D eigenvalue weighted by Gasteiger charge is 2.11. The van der Waals surface area contributed by atoms with E-state index in [-0.39, 0.29) is 5.54 Å². The number of nitrogens with one attached hydrogen (secondary N) is 1. The van der Waals surface area contributed by atoms with Crippen LogP contribution in [0, 0.1) is 12.3 Å². The maximum atomic E-state index is 5.41. The number of rotatable bonds is 6. The van der Waals surface area contributed by atoms with Crippen molar-refractivity contribution in [1.82, 2.24) is 10.2 Å². The van der Waals surface area contributed by atoms with Gasteiger partial charge in [-0.25, -0.2) is 0 Å². The Hall–Kier alpha value is -1.30. The quantitative estimate of drug-likeness (QED) is 0.789. The molecular formula is C17H26N2. The molecule has 19 heavy (non-hydrogen) atoms. The Morgan fingerprint density at radius 2 is 1.84 bits per heavy atom. The second-order valence-electron chi connectivity index (χ2n) is 5.88. The molecule has 104 valence electrons. The molecule has 0 bridgehead atoms. The first-order chi connectivity index (χ1) is 8.96. The highest BCUT2D eigenvalue weighted by molar-refractivity contribution is 5.27. The molecule has 2 heteroatoms. The van der Waals surface area contributed by atoms with Gasteiger partial charge >= 0.3 is 0 Å². The van der Waals surface area contributed by atoms with Gasteiger partial charge in [0.25, 0.3) is 0 Å². The van der Waals surface area contributed by atoms with Gasteiger partial charge in [-0.3, -0.25) is 4.90 Å². The summed E-state index contributed by atoms with van der Waals surface area (Å²) in [4.78, 5) is 2.27. The Kier molecular flexibility index (Phi) is 6.08. The van der Waals surface area contributed by atoms with Crippen LogP contribution < -0.4 is 5.32 Å². The van der Waals surface area contributed by atoms with Crippen LogP contribution in [0.25, 0.3) is 0 Å². The molecule has 1 N–H and O–H groups in total. The monoisotopic (exact) mass is 258 g/mol. The maximum Gasteiger partial charge on any atom is 0.0601 e. The third kappa shape index (κ3) is 5.92. The van der Waals surface area contributed by atoms with E-state index < -0.39 is 0 Å². The fourth-order valence-corrected chi connectivity index (χ4v) is 1.89. The molecule has 1 rings (SSSR count). The Morgan fingerprint density at radius 3 is 2.37 bits per heavy atom. The van der Waals surface area contributed by atoms with Crippen LogP contribution in [0.3, 0.4) is 0 Å². The molecule has 0 amide bonds. The van der Waals surface area contributed by atoms with Crippen molar-refractivity contribution in [1.29, 1.82) is 0 Å². The van der Waals surface area contributed by atoms with Crippen molar-refractivity contribution in [3.63, 3.8) is 0 Å². The van der Waals surface area contributed by atoms with E-state index >= 15 is 0 Å². The fourth-order valence-electron chi connectivity index (χ4n) is 1.89. The molecule has 0 saturated heterocycles. The first-order valence-corrected chi connectivity index (χ1v) is 6.94. The SMILES string of the molecule is C#CCN(CC)Cc1ccccc1CNC(C)(C)C. The van der Waals surface area contributed by atoms with Crippen LogP contribution in [0.4, 0.5) is 0 Å². The van der Waals surface area contributed by atoms with Crippen molar-refractivity contribution in [2.24, 2.45) is 0 Å². The predicted octanol–water partition coefficient (Wildman–Crippen LogP) is 3.03. The Bertz CT molecular complexity index is 424. The normalized spacial score (nSPS) is 11.6. The Morgan fingerprint density at radius 1 is 1.21 bits per heavy atom. The molecule has 0 heterocycles. The molecule has 0 spiro atoms. The van der Waals surface area contributed by atoms with E-state index in [2.05, 4.69) is 68.1 Å². The zero-order chi connectivity index (χ0) is 14.3. The summed E-state index contributed by atoms with van der Waals surface area (Å²) in [7, 11) is 0. The van der Waals surface area contributed by atoms with Crippen LogP contribution >= 0.6 is 0 Å². The Labute approximate surface area is 118 Å². The van der Waals surface area contributed by atoms with Crippen molar-refractivity contribution >= 4 is 0 Å². The zero-order valence-corrected chi connectivity index (χ0v) is 12.7. The van der Waals surface area contributed by atoms with Gasteiger partial charge in [0.1, 0.15) is 0 Å². The highest BCUT2D eigenvalue weighted by Crippen LogP contribution is 2.13. The van der Waals surface area contributed by atoms with Gasteiger partial charge in [0.2, 0.25) is 0 Å². The molecular weight excluding hydrogens is 232 g/mol. The molecule has 0 aliphatic heterocycles. The summed E-state index contributed by atoms with van der Waals surface area (Å²) in [5.74, 6) is 2.72. The summed E-state index contributed by atoms with van der Waals surface area (Å²) in [6, 6.07) is 8.58. The first-order valence-electron chi connectivity index (χ1n) is 6.94. The van der Waals surface area contributed by atoms with Gasteiger partial charge < -0.3 is 5.32 Å². The maximum absolute atomic E-state index is 5.41. The summed E-state index contributed by atoms with van der Waals surface area (Å²) in [5.41, 5.74) is 2.85. The van der Waals surface area contributed by atoms with E-state index in [0.717, 1.165) is 19.6 Å². The lowest BCUT2D eigenvalue weighted by molar-refractivity contribution is 0.314. The minimum absolute atomic E-state index is 0.135. The predicted molar refractivity (Wildman–Crippen MR) is 82.8 cm³/mol. The van der Waals surface area contributed by atoms with Gasteiger partial charge in [-0.15, -0.1) is 6.42 Å². The van der Waals surface area contributed by atoms with Crippen LogP contribution in [-0.4, -0.2) is 23.5 Å². The number of hydrogen-bond acceptors (Lipinski definition) is 2. The molecule has 0 saturated carbocycles. The summed E-state index contributed by atoms with van der Waals surface area (Å²) >= 11 is 0.